The van der Waals surface area contributed by atoms with Crippen LogP contribution in [-0.2, 0) is 7.05 Å². The second kappa shape index (κ2) is 4.49. The van der Waals surface area contributed by atoms with Crippen LogP contribution in [0.1, 0.15) is 27.5 Å². The summed E-state index contributed by atoms with van der Waals surface area (Å²) in [5.74, 6) is 0.118. The van der Waals surface area contributed by atoms with Gasteiger partial charge in [0.2, 0.25) is 5.78 Å². The maximum absolute atomic E-state index is 12.6. The first kappa shape index (κ1) is 12.9. The fraction of sp³-hybridized carbons (Fsp3) is 0.200. The van der Waals surface area contributed by atoms with Gasteiger partial charge in [0, 0.05) is 18.1 Å². The van der Waals surface area contributed by atoms with Crippen LogP contribution in [0.2, 0.25) is 5.02 Å². The van der Waals surface area contributed by atoms with Crippen LogP contribution in [0.25, 0.3) is 11.0 Å². The lowest BCUT2D eigenvalue weighted by atomic mass is 10.1. The zero-order chi connectivity index (χ0) is 14.4. The van der Waals surface area contributed by atoms with Gasteiger partial charge in [0.15, 0.2) is 11.3 Å². The van der Waals surface area contributed by atoms with E-state index in [2.05, 4.69) is 5.10 Å². The molecule has 0 unspecified atom stereocenters. The number of para-hydroxylation sites is 1. The molecule has 5 heteroatoms. The number of aryl methyl sites for hydroxylation is 2. The molecule has 0 amide bonds. The number of carbonyl (C=O) groups excluding carboxylic acids is 1. The Morgan fingerprint density at radius 2 is 2.10 bits per heavy atom. The molecule has 4 nitrogen and oxygen atoms in total. The van der Waals surface area contributed by atoms with E-state index in [0.717, 1.165) is 11.1 Å². The molecule has 2 aromatic heterocycles. The van der Waals surface area contributed by atoms with Gasteiger partial charge in [-0.15, -0.1) is 0 Å². The lowest BCUT2D eigenvalue weighted by Crippen LogP contribution is -2.03. The lowest BCUT2D eigenvalue weighted by Gasteiger charge is -1.98. The van der Waals surface area contributed by atoms with Gasteiger partial charge < -0.3 is 4.42 Å². The van der Waals surface area contributed by atoms with E-state index in [-0.39, 0.29) is 11.5 Å². The molecule has 0 spiro atoms. The Kier molecular flexibility index (Phi) is 2.91. The summed E-state index contributed by atoms with van der Waals surface area (Å²) in [6.07, 6.45) is 0. The molecule has 0 N–H and O–H groups in total. The van der Waals surface area contributed by atoms with Gasteiger partial charge in [0.05, 0.1) is 16.3 Å². The number of hydrogen-bond donors (Lipinski definition) is 0. The van der Waals surface area contributed by atoms with Crippen molar-refractivity contribution in [2.75, 3.05) is 0 Å². The third kappa shape index (κ3) is 1.84. The number of aromatic nitrogens is 2. The van der Waals surface area contributed by atoms with Crippen molar-refractivity contribution in [2.24, 2.45) is 7.05 Å². The van der Waals surface area contributed by atoms with Crippen LogP contribution in [0.4, 0.5) is 0 Å². The predicted octanol–water partition coefficient (Wildman–Crippen LogP) is 3.67. The van der Waals surface area contributed by atoms with Crippen molar-refractivity contribution in [3.8, 4) is 0 Å². The van der Waals surface area contributed by atoms with Crippen LogP contribution >= 0.6 is 11.6 Å². The van der Waals surface area contributed by atoms with E-state index in [9.17, 15) is 4.79 Å². The Labute approximate surface area is 120 Å². The highest BCUT2D eigenvalue weighted by Crippen LogP contribution is 2.28. The number of ketones is 1. The van der Waals surface area contributed by atoms with Gasteiger partial charge in [0.1, 0.15) is 0 Å². The molecule has 0 fully saturated rings. The molecule has 2 heterocycles. The number of rotatable bonds is 2. The van der Waals surface area contributed by atoms with Gasteiger partial charge in [-0.1, -0.05) is 23.7 Å². The number of nitrogens with zero attached hydrogens (tertiary/aromatic N) is 2. The van der Waals surface area contributed by atoms with Crippen molar-refractivity contribution in [3.63, 3.8) is 0 Å². The average molecular weight is 289 g/mol. The Hall–Kier alpha value is -2.07. The van der Waals surface area contributed by atoms with E-state index in [0.29, 0.717) is 21.9 Å². The molecule has 0 aliphatic carbocycles. The first-order valence-electron chi connectivity index (χ1n) is 6.22. The first-order chi connectivity index (χ1) is 9.49. The monoisotopic (exact) mass is 288 g/mol. The van der Waals surface area contributed by atoms with Gasteiger partial charge >= 0.3 is 0 Å². The third-order valence-electron chi connectivity index (χ3n) is 3.46. The van der Waals surface area contributed by atoms with Gasteiger partial charge in [-0.2, -0.15) is 5.10 Å². The van der Waals surface area contributed by atoms with Crippen molar-refractivity contribution in [2.45, 2.75) is 13.8 Å². The van der Waals surface area contributed by atoms with Gasteiger partial charge in [-0.05, 0) is 26.0 Å². The topological polar surface area (TPSA) is 48.0 Å². The summed E-state index contributed by atoms with van der Waals surface area (Å²) < 4.78 is 7.31. The van der Waals surface area contributed by atoms with E-state index >= 15 is 0 Å². The zero-order valence-electron chi connectivity index (χ0n) is 11.4. The van der Waals surface area contributed by atoms with Crippen molar-refractivity contribution < 1.29 is 9.21 Å². The van der Waals surface area contributed by atoms with E-state index in [4.69, 9.17) is 16.0 Å². The number of furan rings is 1. The number of carbonyl (C=O) groups is 1. The molecule has 0 aliphatic heterocycles. The van der Waals surface area contributed by atoms with Crippen molar-refractivity contribution in [3.05, 3.63) is 52.0 Å². The molecule has 0 bridgehead atoms. The molecule has 0 saturated heterocycles. The fourth-order valence-electron chi connectivity index (χ4n) is 2.36. The smallest absolute Gasteiger partial charge is 0.231 e. The molecule has 0 radical (unpaired) electrons. The second-order valence-electron chi connectivity index (χ2n) is 4.77. The van der Waals surface area contributed by atoms with Crippen molar-refractivity contribution in [1.29, 1.82) is 0 Å². The Balaban J connectivity index is 2.15. The molecule has 1 aromatic carbocycles. The standard InChI is InChI=1S/C15H13ClN2O2/c1-8-13(9(2)18(3)17-8)14(19)12-7-10-5-4-6-11(16)15(10)20-12/h4-7H,1-3H3. The highest BCUT2D eigenvalue weighted by Gasteiger charge is 2.22. The van der Waals surface area contributed by atoms with E-state index < -0.39 is 0 Å². The predicted molar refractivity (Wildman–Crippen MR) is 77.3 cm³/mol. The summed E-state index contributed by atoms with van der Waals surface area (Å²) in [5, 5.41) is 5.58. The Morgan fingerprint density at radius 1 is 1.35 bits per heavy atom. The summed E-state index contributed by atoms with van der Waals surface area (Å²) in [5.41, 5.74) is 2.64. The minimum Gasteiger partial charge on any atom is -0.451 e. The summed E-state index contributed by atoms with van der Waals surface area (Å²) in [6.45, 7) is 3.68. The third-order valence-corrected chi connectivity index (χ3v) is 3.75. The molecular weight excluding hydrogens is 276 g/mol. The molecule has 3 rings (SSSR count). The van der Waals surface area contributed by atoms with Crippen LogP contribution < -0.4 is 0 Å². The highest BCUT2D eigenvalue weighted by molar-refractivity contribution is 6.35. The molecular formula is C15H13ClN2O2. The highest BCUT2D eigenvalue weighted by atomic mass is 35.5. The quantitative estimate of drug-likeness (QED) is 0.676. The second-order valence-corrected chi connectivity index (χ2v) is 5.17. The molecule has 20 heavy (non-hydrogen) atoms. The minimum absolute atomic E-state index is 0.166. The number of benzene rings is 1. The van der Waals surface area contributed by atoms with Crippen LogP contribution in [0.5, 0.6) is 0 Å². The van der Waals surface area contributed by atoms with Crippen LogP contribution in [0.15, 0.2) is 28.7 Å². The molecule has 0 aliphatic rings. The maximum Gasteiger partial charge on any atom is 0.231 e. The largest absolute Gasteiger partial charge is 0.451 e. The first-order valence-corrected chi connectivity index (χ1v) is 6.60. The molecule has 102 valence electrons. The number of fused-ring (bicyclic) bond motifs is 1. The number of hydrogen-bond acceptors (Lipinski definition) is 3. The van der Waals surface area contributed by atoms with Crippen LogP contribution in [0, 0.1) is 13.8 Å². The minimum atomic E-state index is -0.166. The maximum atomic E-state index is 12.6. The molecule has 0 saturated carbocycles. The lowest BCUT2D eigenvalue weighted by molar-refractivity contribution is 0.101. The fourth-order valence-corrected chi connectivity index (χ4v) is 2.59. The summed E-state index contributed by atoms with van der Waals surface area (Å²) >= 11 is 6.07. The molecule has 3 aromatic rings. The SMILES string of the molecule is Cc1nn(C)c(C)c1C(=O)c1cc2cccc(Cl)c2o1. The van der Waals surface area contributed by atoms with Crippen molar-refractivity contribution >= 4 is 28.4 Å². The summed E-state index contributed by atoms with van der Waals surface area (Å²) in [4.78, 5) is 12.6. The normalized spacial score (nSPS) is 11.2. The number of halogens is 1. The van der Waals surface area contributed by atoms with Gasteiger partial charge in [0.25, 0.3) is 0 Å². The van der Waals surface area contributed by atoms with Crippen LogP contribution in [-0.4, -0.2) is 15.6 Å². The molecule has 0 atom stereocenters. The Morgan fingerprint density at radius 3 is 2.70 bits per heavy atom. The van der Waals surface area contributed by atoms with Gasteiger partial charge in [-0.25, -0.2) is 0 Å². The van der Waals surface area contributed by atoms with E-state index in [1.54, 1.807) is 16.8 Å². The van der Waals surface area contributed by atoms with E-state index in [1.165, 1.54) is 0 Å². The summed E-state index contributed by atoms with van der Waals surface area (Å²) in [6, 6.07) is 7.15. The Bertz CT molecular complexity index is 830. The van der Waals surface area contributed by atoms with E-state index in [1.807, 2.05) is 33.0 Å². The van der Waals surface area contributed by atoms with Crippen molar-refractivity contribution in [1.82, 2.24) is 9.78 Å². The zero-order valence-corrected chi connectivity index (χ0v) is 12.2. The van der Waals surface area contributed by atoms with Gasteiger partial charge in [-0.3, -0.25) is 9.48 Å². The summed E-state index contributed by atoms with van der Waals surface area (Å²) in [7, 11) is 1.81. The average Bonchev–Trinajstić information content (AvgIpc) is 2.93. The van der Waals surface area contributed by atoms with Crippen LogP contribution in [0.3, 0.4) is 0 Å².